The van der Waals surface area contributed by atoms with E-state index in [2.05, 4.69) is 62.1 Å². The number of ether oxygens (including phenoxy) is 1. The third kappa shape index (κ3) is 4.36. The molecule has 28 heavy (non-hydrogen) atoms. The number of likely N-dealkylation sites (tertiary alicyclic amines) is 1. The van der Waals surface area contributed by atoms with Crippen molar-refractivity contribution in [2.75, 3.05) is 13.2 Å². The molecule has 1 unspecified atom stereocenters. The van der Waals surface area contributed by atoms with Crippen molar-refractivity contribution in [1.82, 2.24) is 4.90 Å². The summed E-state index contributed by atoms with van der Waals surface area (Å²) in [5.41, 5.74) is 1.73. The molecule has 1 aliphatic carbocycles. The third-order valence-corrected chi connectivity index (χ3v) is 6.94. The molecule has 1 aliphatic heterocycles. The second-order valence-electron chi connectivity index (χ2n) is 9.90. The van der Waals surface area contributed by atoms with E-state index in [1.807, 2.05) is 0 Å². The van der Waals surface area contributed by atoms with Gasteiger partial charge in [0.25, 0.3) is 0 Å². The highest BCUT2D eigenvalue weighted by Crippen LogP contribution is 2.39. The molecule has 4 rings (SSSR count). The molecule has 2 aromatic carbocycles. The number of aliphatic hydroxyl groups is 1. The van der Waals surface area contributed by atoms with Crippen LogP contribution in [0.25, 0.3) is 10.8 Å². The van der Waals surface area contributed by atoms with Gasteiger partial charge in [0.2, 0.25) is 0 Å². The van der Waals surface area contributed by atoms with Crippen LogP contribution in [0.1, 0.15) is 58.4 Å². The number of fused-ring (bicyclic) bond motifs is 1. The minimum Gasteiger partial charge on any atom is -0.490 e. The van der Waals surface area contributed by atoms with E-state index >= 15 is 0 Å². The van der Waals surface area contributed by atoms with Gasteiger partial charge in [0, 0.05) is 19.1 Å². The molecule has 1 atom stereocenters. The Hall–Kier alpha value is -1.58. The maximum Gasteiger partial charge on any atom is 0.120 e. The van der Waals surface area contributed by atoms with Crippen LogP contribution in [-0.2, 0) is 6.54 Å². The molecule has 0 bridgehead atoms. The number of rotatable bonds is 5. The summed E-state index contributed by atoms with van der Waals surface area (Å²) in [7, 11) is 0. The minimum absolute atomic E-state index is 0.270. The lowest BCUT2D eigenvalue weighted by Gasteiger charge is -2.39. The summed E-state index contributed by atoms with van der Waals surface area (Å²) in [5.74, 6) is 1.82. The summed E-state index contributed by atoms with van der Waals surface area (Å²) in [6, 6.07) is 13.6. The van der Waals surface area contributed by atoms with Crippen molar-refractivity contribution in [3.05, 3.63) is 42.0 Å². The quantitative estimate of drug-likeness (QED) is 0.754. The normalized spacial score (nSPS) is 26.2. The fourth-order valence-electron chi connectivity index (χ4n) is 4.83. The van der Waals surface area contributed by atoms with E-state index < -0.39 is 0 Å². The van der Waals surface area contributed by atoms with Crippen LogP contribution in [0.5, 0.6) is 5.75 Å². The number of aliphatic hydroxyl groups excluding tert-OH is 1. The van der Waals surface area contributed by atoms with Gasteiger partial charge in [-0.2, -0.15) is 0 Å². The highest BCUT2D eigenvalue weighted by Gasteiger charge is 2.30. The van der Waals surface area contributed by atoms with Gasteiger partial charge in [-0.05, 0) is 78.0 Å². The zero-order valence-electron chi connectivity index (χ0n) is 17.7. The monoisotopic (exact) mass is 381 g/mol. The highest BCUT2D eigenvalue weighted by atomic mass is 16.5. The van der Waals surface area contributed by atoms with Gasteiger partial charge in [-0.3, -0.25) is 4.90 Å². The van der Waals surface area contributed by atoms with Crippen molar-refractivity contribution in [2.45, 2.75) is 71.6 Å². The minimum atomic E-state index is 0.270. The second-order valence-corrected chi connectivity index (χ2v) is 9.90. The van der Waals surface area contributed by atoms with Crippen molar-refractivity contribution < 1.29 is 9.84 Å². The molecule has 1 N–H and O–H groups in total. The molecular formula is C25H35NO2. The Bertz CT molecular complexity index is 800. The van der Waals surface area contributed by atoms with Gasteiger partial charge in [0.05, 0.1) is 12.7 Å². The van der Waals surface area contributed by atoms with Crippen LogP contribution in [0.2, 0.25) is 0 Å². The lowest BCUT2D eigenvalue weighted by molar-refractivity contribution is 0.0357. The first-order valence-corrected chi connectivity index (χ1v) is 11.0. The predicted octanol–water partition coefficient (Wildman–Crippen LogP) is 5.39. The first kappa shape index (κ1) is 19.7. The van der Waals surface area contributed by atoms with Gasteiger partial charge in [0.15, 0.2) is 0 Å². The fraction of sp³-hybridized carbons (Fsp3) is 0.600. The Morgan fingerprint density at radius 1 is 0.964 bits per heavy atom. The number of hydrogen-bond donors (Lipinski definition) is 1. The van der Waals surface area contributed by atoms with Gasteiger partial charge in [-0.15, -0.1) is 0 Å². The predicted molar refractivity (Wildman–Crippen MR) is 116 cm³/mol. The molecule has 2 aromatic rings. The summed E-state index contributed by atoms with van der Waals surface area (Å²) in [6.45, 7) is 9.38. The van der Waals surface area contributed by atoms with E-state index in [0.29, 0.717) is 17.6 Å². The van der Waals surface area contributed by atoms with Crippen molar-refractivity contribution in [3.63, 3.8) is 0 Å². The van der Waals surface area contributed by atoms with E-state index in [-0.39, 0.29) is 6.61 Å². The van der Waals surface area contributed by atoms with Crippen molar-refractivity contribution in [1.29, 1.82) is 0 Å². The average molecular weight is 382 g/mol. The van der Waals surface area contributed by atoms with Crippen LogP contribution in [0.4, 0.5) is 0 Å². The Morgan fingerprint density at radius 2 is 1.68 bits per heavy atom. The maximum atomic E-state index is 9.37. The van der Waals surface area contributed by atoms with E-state index in [0.717, 1.165) is 31.2 Å². The standard InChI is InChI=1S/C25H35NO2/c1-25(2,3)21-7-10-23(11-8-21)28-24-9-6-19-14-18(4-5-20(19)15-24)16-26-13-12-22(26)17-27/h4-6,9,14-15,21-23,27H,7-8,10-13,16-17H2,1-3H3. The Kier molecular flexibility index (Phi) is 5.66. The Labute approximate surface area is 169 Å². The van der Waals surface area contributed by atoms with Gasteiger partial charge in [-0.25, -0.2) is 0 Å². The van der Waals surface area contributed by atoms with Gasteiger partial charge >= 0.3 is 0 Å². The lowest BCUT2D eigenvalue weighted by Crippen LogP contribution is -2.48. The molecule has 2 fully saturated rings. The first-order valence-electron chi connectivity index (χ1n) is 11.0. The molecule has 1 saturated heterocycles. The molecule has 1 heterocycles. The Morgan fingerprint density at radius 3 is 2.32 bits per heavy atom. The largest absolute Gasteiger partial charge is 0.490 e. The molecule has 1 saturated carbocycles. The van der Waals surface area contributed by atoms with Crippen molar-refractivity contribution in [2.24, 2.45) is 11.3 Å². The molecule has 0 spiro atoms. The van der Waals surface area contributed by atoms with Crippen molar-refractivity contribution >= 4 is 10.8 Å². The summed E-state index contributed by atoms with van der Waals surface area (Å²) in [5, 5.41) is 11.9. The number of benzene rings is 2. The third-order valence-electron chi connectivity index (χ3n) is 6.94. The van der Waals surface area contributed by atoms with E-state index in [1.165, 1.54) is 42.0 Å². The van der Waals surface area contributed by atoms with Crippen LogP contribution < -0.4 is 4.74 Å². The summed E-state index contributed by atoms with van der Waals surface area (Å²) < 4.78 is 6.34. The number of hydrogen-bond acceptors (Lipinski definition) is 3. The van der Waals surface area contributed by atoms with E-state index in [1.54, 1.807) is 0 Å². The molecule has 0 amide bonds. The lowest BCUT2D eigenvalue weighted by atomic mass is 9.72. The van der Waals surface area contributed by atoms with Crippen LogP contribution >= 0.6 is 0 Å². The average Bonchev–Trinajstić information content (AvgIpc) is 2.65. The summed E-state index contributed by atoms with van der Waals surface area (Å²) >= 11 is 0. The Balaban J connectivity index is 1.38. The summed E-state index contributed by atoms with van der Waals surface area (Å²) in [6.07, 6.45) is 6.36. The molecule has 152 valence electrons. The van der Waals surface area contributed by atoms with Gasteiger partial charge in [0.1, 0.15) is 5.75 Å². The topological polar surface area (TPSA) is 32.7 Å². The molecule has 3 heteroatoms. The van der Waals surface area contributed by atoms with Crippen molar-refractivity contribution in [3.8, 4) is 5.75 Å². The van der Waals surface area contributed by atoms with Gasteiger partial charge in [-0.1, -0.05) is 39.0 Å². The van der Waals surface area contributed by atoms with Crippen LogP contribution in [0.15, 0.2) is 36.4 Å². The SMILES string of the molecule is CC(C)(C)C1CCC(Oc2ccc3cc(CN4CCC4CO)ccc3c2)CC1. The molecule has 0 radical (unpaired) electrons. The molecule has 3 nitrogen and oxygen atoms in total. The van der Waals surface area contributed by atoms with E-state index in [9.17, 15) is 5.11 Å². The van der Waals surface area contributed by atoms with Crippen LogP contribution in [0, 0.1) is 11.3 Å². The first-order chi connectivity index (χ1) is 13.4. The van der Waals surface area contributed by atoms with Gasteiger partial charge < -0.3 is 9.84 Å². The second kappa shape index (κ2) is 8.04. The number of nitrogens with zero attached hydrogens (tertiary/aromatic N) is 1. The van der Waals surface area contributed by atoms with E-state index in [4.69, 9.17) is 4.74 Å². The van der Waals surface area contributed by atoms with Crippen LogP contribution in [-0.4, -0.2) is 35.3 Å². The molecule has 2 aliphatic rings. The summed E-state index contributed by atoms with van der Waals surface area (Å²) in [4.78, 5) is 2.35. The fourth-order valence-corrected chi connectivity index (χ4v) is 4.83. The molecule has 0 aromatic heterocycles. The zero-order chi connectivity index (χ0) is 19.7. The maximum absolute atomic E-state index is 9.37. The van der Waals surface area contributed by atoms with Crippen LogP contribution in [0.3, 0.4) is 0 Å². The smallest absolute Gasteiger partial charge is 0.120 e. The zero-order valence-corrected chi connectivity index (χ0v) is 17.7. The molecular weight excluding hydrogens is 346 g/mol. The highest BCUT2D eigenvalue weighted by molar-refractivity contribution is 5.84.